The zero-order chi connectivity index (χ0) is 18.3. The molecule has 0 amide bonds. The van der Waals surface area contributed by atoms with Crippen molar-refractivity contribution in [2.75, 3.05) is 13.1 Å². The van der Waals surface area contributed by atoms with E-state index in [2.05, 4.69) is 15.6 Å². The van der Waals surface area contributed by atoms with Gasteiger partial charge in [-0.15, -0.1) is 24.0 Å². The lowest BCUT2D eigenvalue weighted by Crippen LogP contribution is -2.39. The van der Waals surface area contributed by atoms with Gasteiger partial charge in [0.05, 0.1) is 24.9 Å². The van der Waals surface area contributed by atoms with Gasteiger partial charge in [-0.25, -0.2) is 4.99 Å². The predicted molar refractivity (Wildman–Crippen MR) is 103 cm³/mol. The zero-order valence-electron chi connectivity index (χ0n) is 14.1. The molecule has 0 bridgehead atoms. The minimum absolute atomic E-state index is 0. The van der Waals surface area contributed by atoms with Crippen LogP contribution in [0, 0.1) is 0 Å². The van der Waals surface area contributed by atoms with Gasteiger partial charge in [0.1, 0.15) is 11.9 Å². The Kier molecular flexibility index (Phi) is 8.93. The van der Waals surface area contributed by atoms with Crippen LogP contribution in [0.4, 0.5) is 13.2 Å². The van der Waals surface area contributed by atoms with Crippen molar-refractivity contribution >= 4 is 29.9 Å². The first-order valence-corrected chi connectivity index (χ1v) is 7.80. The van der Waals surface area contributed by atoms with Gasteiger partial charge in [0.15, 0.2) is 5.96 Å². The van der Waals surface area contributed by atoms with Gasteiger partial charge in [-0.05, 0) is 36.8 Å². The third-order valence-corrected chi connectivity index (χ3v) is 3.35. The Hall–Kier alpha value is -1.75. The largest absolute Gasteiger partial charge is 0.467 e. The summed E-state index contributed by atoms with van der Waals surface area (Å²) in [5.41, 5.74) is -0.259. The van der Waals surface area contributed by atoms with Crippen LogP contribution < -0.4 is 10.6 Å². The van der Waals surface area contributed by atoms with Crippen LogP contribution in [0.1, 0.15) is 29.9 Å². The second-order valence-electron chi connectivity index (χ2n) is 5.31. The van der Waals surface area contributed by atoms with E-state index in [1.54, 1.807) is 18.2 Å². The van der Waals surface area contributed by atoms with Crippen molar-refractivity contribution in [2.45, 2.75) is 25.7 Å². The van der Waals surface area contributed by atoms with E-state index in [1.165, 1.54) is 12.3 Å². The van der Waals surface area contributed by atoms with E-state index in [-0.39, 0.29) is 37.1 Å². The molecule has 0 aliphatic rings. The van der Waals surface area contributed by atoms with Crippen LogP contribution in [0.15, 0.2) is 52.1 Å². The summed E-state index contributed by atoms with van der Waals surface area (Å²) >= 11 is 0. The Morgan fingerprint density at radius 2 is 2.00 bits per heavy atom. The molecule has 3 N–H and O–H groups in total. The highest BCUT2D eigenvalue weighted by atomic mass is 127. The van der Waals surface area contributed by atoms with Crippen LogP contribution in [-0.4, -0.2) is 24.2 Å². The first kappa shape index (κ1) is 22.3. The molecule has 2 aromatic rings. The third kappa shape index (κ3) is 6.87. The molecule has 1 aromatic carbocycles. The summed E-state index contributed by atoms with van der Waals surface area (Å²) in [6.45, 7) is 2.67. The maximum Gasteiger partial charge on any atom is 0.416 e. The van der Waals surface area contributed by atoms with Gasteiger partial charge in [-0.2, -0.15) is 13.2 Å². The van der Waals surface area contributed by atoms with Crippen molar-refractivity contribution in [1.29, 1.82) is 0 Å². The van der Waals surface area contributed by atoms with Gasteiger partial charge in [0.25, 0.3) is 0 Å². The van der Waals surface area contributed by atoms with Crippen LogP contribution in [0.2, 0.25) is 0 Å². The van der Waals surface area contributed by atoms with Crippen LogP contribution in [0.3, 0.4) is 0 Å². The fourth-order valence-corrected chi connectivity index (χ4v) is 2.13. The molecule has 0 saturated carbocycles. The Morgan fingerprint density at radius 3 is 2.62 bits per heavy atom. The normalized spacial score (nSPS) is 13.0. The monoisotopic (exact) mass is 483 g/mol. The van der Waals surface area contributed by atoms with Crippen molar-refractivity contribution in [3.8, 4) is 0 Å². The van der Waals surface area contributed by atoms with Crippen molar-refractivity contribution < 1.29 is 22.7 Å². The van der Waals surface area contributed by atoms with E-state index in [0.29, 0.717) is 23.8 Å². The van der Waals surface area contributed by atoms with Gasteiger partial charge >= 0.3 is 6.18 Å². The molecule has 0 aliphatic heterocycles. The van der Waals surface area contributed by atoms with E-state index < -0.39 is 17.8 Å². The molecule has 0 saturated heterocycles. The molecule has 26 heavy (non-hydrogen) atoms. The number of rotatable bonds is 6. The van der Waals surface area contributed by atoms with Crippen molar-refractivity contribution in [1.82, 2.24) is 10.6 Å². The topological polar surface area (TPSA) is 69.8 Å². The van der Waals surface area contributed by atoms with Crippen LogP contribution in [-0.2, 0) is 12.7 Å². The molecule has 1 aromatic heterocycles. The molecule has 144 valence electrons. The Bertz CT molecular complexity index is 691. The Labute approximate surface area is 166 Å². The minimum Gasteiger partial charge on any atom is -0.467 e. The SMILES string of the molecule is CCNC(=NCc1cccc(C(F)(F)F)c1)NCC(O)c1ccco1.I. The number of guanidine groups is 1. The van der Waals surface area contributed by atoms with Gasteiger partial charge < -0.3 is 20.2 Å². The highest BCUT2D eigenvalue weighted by molar-refractivity contribution is 14.0. The van der Waals surface area contributed by atoms with Gasteiger partial charge in [0.2, 0.25) is 0 Å². The number of alkyl halides is 3. The molecule has 0 aliphatic carbocycles. The summed E-state index contributed by atoms with van der Waals surface area (Å²) < 4.78 is 43.3. The fourth-order valence-electron chi connectivity index (χ4n) is 2.13. The number of aliphatic hydroxyl groups excluding tert-OH is 1. The smallest absolute Gasteiger partial charge is 0.416 e. The van der Waals surface area contributed by atoms with Crippen LogP contribution >= 0.6 is 24.0 Å². The lowest BCUT2D eigenvalue weighted by molar-refractivity contribution is -0.137. The first-order valence-electron chi connectivity index (χ1n) is 7.80. The quantitative estimate of drug-likeness (QED) is 0.333. The minimum atomic E-state index is -4.38. The first-order chi connectivity index (χ1) is 11.9. The maximum absolute atomic E-state index is 12.7. The number of furan rings is 1. The summed E-state index contributed by atoms with van der Waals surface area (Å²) in [7, 11) is 0. The number of hydrogen-bond acceptors (Lipinski definition) is 3. The molecule has 0 spiro atoms. The Morgan fingerprint density at radius 1 is 1.23 bits per heavy atom. The van der Waals surface area contributed by atoms with E-state index in [1.807, 2.05) is 6.92 Å². The lowest BCUT2D eigenvalue weighted by atomic mass is 10.1. The second-order valence-corrected chi connectivity index (χ2v) is 5.31. The predicted octanol–water partition coefficient (Wildman–Crippen LogP) is 3.71. The highest BCUT2D eigenvalue weighted by Gasteiger charge is 2.30. The fraction of sp³-hybridized carbons (Fsp3) is 0.353. The summed E-state index contributed by atoms with van der Waals surface area (Å²) in [6, 6.07) is 8.36. The van der Waals surface area contributed by atoms with Crippen molar-refractivity contribution in [3.63, 3.8) is 0 Å². The van der Waals surface area contributed by atoms with Gasteiger partial charge in [0, 0.05) is 6.54 Å². The lowest BCUT2D eigenvalue weighted by Gasteiger charge is -2.14. The molecule has 0 radical (unpaired) electrons. The highest BCUT2D eigenvalue weighted by Crippen LogP contribution is 2.29. The van der Waals surface area contributed by atoms with E-state index in [4.69, 9.17) is 4.42 Å². The summed E-state index contributed by atoms with van der Waals surface area (Å²) in [5.74, 6) is 0.812. The number of nitrogens with zero attached hydrogens (tertiary/aromatic N) is 1. The number of halogens is 4. The van der Waals surface area contributed by atoms with E-state index in [0.717, 1.165) is 12.1 Å². The average Bonchev–Trinajstić information content (AvgIpc) is 3.11. The van der Waals surface area contributed by atoms with Gasteiger partial charge in [-0.1, -0.05) is 12.1 Å². The Balaban J connectivity index is 0.00000338. The van der Waals surface area contributed by atoms with Crippen molar-refractivity contribution in [2.24, 2.45) is 4.99 Å². The molecule has 5 nitrogen and oxygen atoms in total. The molecular weight excluding hydrogens is 462 g/mol. The van der Waals surface area contributed by atoms with E-state index in [9.17, 15) is 18.3 Å². The average molecular weight is 483 g/mol. The molecule has 9 heteroatoms. The molecule has 1 atom stereocenters. The summed E-state index contributed by atoms with van der Waals surface area (Å²) in [4.78, 5) is 4.25. The third-order valence-electron chi connectivity index (χ3n) is 3.35. The summed E-state index contributed by atoms with van der Waals surface area (Å²) in [5, 5.41) is 15.9. The molecule has 1 unspecified atom stereocenters. The summed E-state index contributed by atoms with van der Waals surface area (Å²) in [6.07, 6.45) is -3.77. The molecular formula is C17H21F3IN3O2. The number of aliphatic hydroxyl groups is 1. The zero-order valence-corrected chi connectivity index (χ0v) is 16.4. The van der Waals surface area contributed by atoms with Crippen molar-refractivity contribution in [3.05, 3.63) is 59.5 Å². The van der Waals surface area contributed by atoms with Gasteiger partial charge in [-0.3, -0.25) is 0 Å². The van der Waals surface area contributed by atoms with E-state index >= 15 is 0 Å². The maximum atomic E-state index is 12.7. The molecule has 2 rings (SSSR count). The molecule has 1 heterocycles. The number of aliphatic imine (C=N–C) groups is 1. The number of hydrogen-bond donors (Lipinski definition) is 3. The second kappa shape index (κ2) is 10.4. The number of nitrogens with one attached hydrogen (secondary N) is 2. The number of benzene rings is 1. The van der Waals surface area contributed by atoms with Crippen LogP contribution in [0.25, 0.3) is 0 Å². The standard InChI is InChI=1S/C17H20F3N3O2.HI/c1-2-21-16(23-11-14(24)15-7-4-8-25-15)22-10-12-5-3-6-13(9-12)17(18,19)20;/h3-9,14,24H,2,10-11H2,1H3,(H2,21,22,23);1H. The van der Waals surface area contributed by atoms with Crippen LogP contribution in [0.5, 0.6) is 0 Å². The molecule has 0 fully saturated rings.